The standard InChI is InChI=1S/C37H40N2O6/c1-7-43-32-18-15-27(22-33(32)44-8-2)31(40)17-19-35(41)39-34-23-28(26-13-9-24(3)10-14-26)29-21-25(11-16-30(29)38-34)12-20-36(42)45-37(4,5)6/h9-16,18,20-23H,7-8,17,19H2,1-6H3,(H,38,39,41). The third-order valence-electron chi connectivity index (χ3n) is 6.73. The van der Waals surface area contributed by atoms with E-state index in [1.165, 1.54) is 6.08 Å². The minimum absolute atomic E-state index is 0.00993. The molecule has 0 spiro atoms. The molecule has 0 aliphatic heterocycles. The molecule has 1 N–H and O–H groups in total. The number of benzene rings is 3. The van der Waals surface area contributed by atoms with E-state index in [0.29, 0.717) is 41.6 Å². The molecule has 0 bridgehead atoms. The van der Waals surface area contributed by atoms with Crippen molar-refractivity contribution in [2.75, 3.05) is 18.5 Å². The Bertz CT molecular complexity index is 1720. The number of amides is 1. The van der Waals surface area contributed by atoms with Crippen LogP contribution in [0.4, 0.5) is 5.82 Å². The van der Waals surface area contributed by atoms with Gasteiger partial charge in [-0.2, -0.15) is 0 Å². The third kappa shape index (κ3) is 9.25. The van der Waals surface area contributed by atoms with Crippen LogP contribution in [0.3, 0.4) is 0 Å². The number of nitrogens with zero attached hydrogens (tertiary/aromatic N) is 1. The molecular weight excluding hydrogens is 568 g/mol. The number of nitrogens with one attached hydrogen (secondary N) is 1. The molecule has 1 heterocycles. The van der Waals surface area contributed by atoms with Gasteiger partial charge in [0.25, 0.3) is 0 Å². The zero-order chi connectivity index (χ0) is 32.6. The van der Waals surface area contributed by atoms with Crippen molar-refractivity contribution < 1.29 is 28.6 Å². The first-order valence-electron chi connectivity index (χ1n) is 15.1. The average Bonchev–Trinajstić information content (AvgIpc) is 2.99. The summed E-state index contributed by atoms with van der Waals surface area (Å²) >= 11 is 0. The molecule has 0 aliphatic carbocycles. The number of carbonyl (C=O) groups is 3. The predicted octanol–water partition coefficient (Wildman–Crippen LogP) is 7.96. The van der Waals surface area contributed by atoms with Crippen molar-refractivity contribution in [3.8, 4) is 22.6 Å². The summed E-state index contributed by atoms with van der Waals surface area (Å²) in [6, 6.07) is 20.6. The summed E-state index contributed by atoms with van der Waals surface area (Å²) < 4.78 is 16.6. The lowest BCUT2D eigenvalue weighted by atomic mass is 9.98. The van der Waals surface area contributed by atoms with Gasteiger partial charge in [-0.25, -0.2) is 9.78 Å². The molecule has 3 aromatic carbocycles. The van der Waals surface area contributed by atoms with Crippen LogP contribution in [-0.4, -0.2) is 41.5 Å². The second kappa shape index (κ2) is 14.7. The van der Waals surface area contributed by atoms with Gasteiger partial charge in [-0.05, 0) is 101 Å². The normalized spacial score (nSPS) is 11.4. The number of Topliss-reactive ketones (excluding diaryl/α,β-unsaturated/α-hetero) is 1. The maximum atomic E-state index is 13.0. The van der Waals surface area contributed by atoms with Crippen molar-refractivity contribution in [2.45, 2.75) is 60.0 Å². The lowest BCUT2D eigenvalue weighted by molar-refractivity contribution is -0.148. The molecule has 0 unspecified atom stereocenters. The fraction of sp³-hybridized carbons (Fsp3) is 0.297. The Kier molecular flexibility index (Phi) is 10.7. The monoisotopic (exact) mass is 608 g/mol. The molecule has 0 fully saturated rings. The molecule has 234 valence electrons. The van der Waals surface area contributed by atoms with Crippen LogP contribution in [0.5, 0.6) is 11.5 Å². The number of pyridine rings is 1. The molecule has 45 heavy (non-hydrogen) atoms. The number of aryl methyl sites for hydroxylation is 1. The first-order chi connectivity index (χ1) is 21.5. The number of rotatable bonds is 12. The second-order valence-corrected chi connectivity index (χ2v) is 11.6. The first kappa shape index (κ1) is 32.9. The average molecular weight is 609 g/mol. The fourth-order valence-electron chi connectivity index (χ4n) is 4.68. The van der Waals surface area contributed by atoms with Gasteiger partial charge in [0.15, 0.2) is 17.3 Å². The van der Waals surface area contributed by atoms with Gasteiger partial charge in [0, 0.05) is 29.9 Å². The molecule has 0 atom stereocenters. The second-order valence-electron chi connectivity index (χ2n) is 11.6. The Labute approximate surface area is 264 Å². The van der Waals surface area contributed by atoms with Crippen molar-refractivity contribution in [3.05, 3.63) is 89.5 Å². The number of fused-ring (bicyclic) bond motifs is 1. The van der Waals surface area contributed by atoms with Crippen LogP contribution in [0.15, 0.2) is 72.8 Å². The number of carbonyl (C=O) groups excluding carboxylic acids is 3. The Morgan fingerprint density at radius 1 is 0.844 bits per heavy atom. The largest absolute Gasteiger partial charge is 0.490 e. The molecule has 0 radical (unpaired) electrons. The van der Waals surface area contributed by atoms with Crippen LogP contribution in [0.25, 0.3) is 28.1 Å². The topological polar surface area (TPSA) is 104 Å². The third-order valence-corrected chi connectivity index (χ3v) is 6.73. The van der Waals surface area contributed by atoms with Crippen molar-refractivity contribution in [1.82, 2.24) is 4.98 Å². The number of hydrogen-bond acceptors (Lipinski definition) is 7. The van der Waals surface area contributed by atoms with E-state index in [-0.39, 0.29) is 24.5 Å². The van der Waals surface area contributed by atoms with Gasteiger partial charge in [-0.15, -0.1) is 0 Å². The SMILES string of the molecule is CCOc1ccc(C(=O)CCC(=O)Nc2cc(-c3ccc(C)cc3)c3cc(C=CC(=O)OC(C)(C)C)ccc3n2)cc1OCC. The summed E-state index contributed by atoms with van der Waals surface area (Å²) in [5.74, 6) is 0.542. The molecule has 4 rings (SSSR count). The molecule has 0 saturated carbocycles. The highest BCUT2D eigenvalue weighted by atomic mass is 16.6. The Balaban J connectivity index is 1.54. The van der Waals surface area contributed by atoms with Crippen molar-refractivity contribution in [2.24, 2.45) is 0 Å². The van der Waals surface area contributed by atoms with E-state index in [1.807, 2.05) is 90.1 Å². The summed E-state index contributed by atoms with van der Waals surface area (Å²) in [6.07, 6.45) is 3.13. The Morgan fingerprint density at radius 2 is 1.56 bits per heavy atom. The fourth-order valence-corrected chi connectivity index (χ4v) is 4.68. The number of esters is 1. The van der Waals surface area contributed by atoms with E-state index in [4.69, 9.17) is 14.2 Å². The lowest BCUT2D eigenvalue weighted by Crippen LogP contribution is -2.22. The van der Waals surface area contributed by atoms with E-state index in [1.54, 1.807) is 24.3 Å². The number of aromatic nitrogens is 1. The Hall–Kier alpha value is -4.98. The van der Waals surface area contributed by atoms with Crippen LogP contribution < -0.4 is 14.8 Å². The quantitative estimate of drug-likeness (QED) is 0.0988. The zero-order valence-corrected chi connectivity index (χ0v) is 26.7. The molecule has 8 heteroatoms. The highest BCUT2D eigenvalue weighted by Crippen LogP contribution is 2.32. The van der Waals surface area contributed by atoms with Crippen molar-refractivity contribution >= 4 is 40.5 Å². The number of anilines is 1. The molecule has 4 aromatic rings. The number of hydrogen-bond donors (Lipinski definition) is 1. The van der Waals surface area contributed by atoms with Gasteiger partial charge < -0.3 is 19.5 Å². The van der Waals surface area contributed by atoms with Crippen molar-refractivity contribution in [1.29, 1.82) is 0 Å². The van der Waals surface area contributed by atoms with Gasteiger partial charge in [0.2, 0.25) is 5.91 Å². The minimum atomic E-state index is -0.579. The highest BCUT2D eigenvalue weighted by Gasteiger charge is 2.16. The number of ether oxygens (including phenoxy) is 3. The smallest absolute Gasteiger partial charge is 0.331 e. The van der Waals surface area contributed by atoms with Gasteiger partial charge >= 0.3 is 5.97 Å². The summed E-state index contributed by atoms with van der Waals surface area (Å²) in [4.78, 5) is 42.8. The highest BCUT2D eigenvalue weighted by molar-refractivity contribution is 6.02. The summed E-state index contributed by atoms with van der Waals surface area (Å²) in [5.41, 5.74) is 4.30. The summed E-state index contributed by atoms with van der Waals surface area (Å²) in [5, 5.41) is 3.73. The van der Waals surface area contributed by atoms with E-state index in [0.717, 1.165) is 27.6 Å². The molecule has 0 aliphatic rings. The van der Waals surface area contributed by atoms with E-state index >= 15 is 0 Å². The van der Waals surface area contributed by atoms with Crippen LogP contribution in [0.1, 0.15) is 68.9 Å². The predicted molar refractivity (Wildman–Crippen MR) is 178 cm³/mol. The molecule has 8 nitrogen and oxygen atoms in total. The summed E-state index contributed by atoms with van der Waals surface area (Å²) in [7, 11) is 0. The maximum Gasteiger partial charge on any atom is 0.331 e. The van der Waals surface area contributed by atoms with E-state index < -0.39 is 11.6 Å². The molecule has 0 saturated heterocycles. The molecule has 1 aromatic heterocycles. The number of ketones is 1. The van der Waals surface area contributed by atoms with E-state index in [9.17, 15) is 14.4 Å². The molecule has 1 amide bonds. The van der Waals surface area contributed by atoms with Crippen LogP contribution in [0.2, 0.25) is 0 Å². The van der Waals surface area contributed by atoms with Crippen molar-refractivity contribution in [3.63, 3.8) is 0 Å². The minimum Gasteiger partial charge on any atom is -0.490 e. The van der Waals surface area contributed by atoms with E-state index in [2.05, 4.69) is 10.3 Å². The first-order valence-corrected chi connectivity index (χ1v) is 15.1. The zero-order valence-electron chi connectivity index (χ0n) is 26.7. The molecular formula is C37H40N2O6. The maximum absolute atomic E-state index is 13.0. The van der Waals surface area contributed by atoms with Gasteiger partial charge in [-0.3, -0.25) is 9.59 Å². The van der Waals surface area contributed by atoms with Gasteiger partial charge in [-0.1, -0.05) is 35.9 Å². The summed E-state index contributed by atoms with van der Waals surface area (Å²) in [6.45, 7) is 12.1. The van der Waals surface area contributed by atoms with Gasteiger partial charge in [0.1, 0.15) is 11.4 Å². The Morgan fingerprint density at radius 3 is 2.24 bits per heavy atom. The lowest BCUT2D eigenvalue weighted by Gasteiger charge is -2.17. The van der Waals surface area contributed by atoms with Crippen LogP contribution in [0, 0.1) is 6.92 Å². The van der Waals surface area contributed by atoms with Gasteiger partial charge in [0.05, 0.1) is 18.7 Å². The van der Waals surface area contributed by atoms with Crippen LogP contribution in [-0.2, 0) is 14.3 Å². The van der Waals surface area contributed by atoms with Crippen LogP contribution >= 0.6 is 0 Å².